The lowest BCUT2D eigenvalue weighted by Gasteiger charge is -2.57. The molecule has 4 aliphatic rings. The van der Waals surface area contributed by atoms with Crippen LogP contribution < -0.4 is 10.2 Å². The Kier molecular flexibility index (Phi) is 4.91. The molecule has 2 aliphatic carbocycles. The molecule has 1 N–H and O–H groups in total. The van der Waals surface area contributed by atoms with Crippen LogP contribution >= 0.6 is 0 Å². The lowest BCUT2D eigenvalue weighted by Crippen LogP contribution is -2.70. The van der Waals surface area contributed by atoms with Gasteiger partial charge in [0.25, 0.3) is 0 Å². The lowest BCUT2D eigenvalue weighted by atomic mass is 9.54. The number of nitrogens with one attached hydrogen (secondary N) is 1. The van der Waals surface area contributed by atoms with Gasteiger partial charge in [0.2, 0.25) is 0 Å². The van der Waals surface area contributed by atoms with Gasteiger partial charge in [0.05, 0.1) is 6.10 Å². The topological polar surface area (TPSA) is 53.0 Å². The zero-order chi connectivity index (χ0) is 19.0. The van der Waals surface area contributed by atoms with E-state index in [9.17, 15) is 0 Å². The molecule has 0 amide bonds. The number of hydrogen-bond acceptors (Lipinski definition) is 4. The molecule has 0 radical (unpaired) electrons. The van der Waals surface area contributed by atoms with E-state index >= 15 is 0 Å². The molecule has 6 heteroatoms. The van der Waals surface area contributed by atoms with Crippen LogP contribution in [0.25, 0.3) is 0 Å². The van der Waals surface area contributed by atoms with Crippen molar-refractivity contribution in [1.29, 1.82) is 0 Å². The molecule has 5 rings (SSSR count). The minimum absolute atomic E-state index is 0.367. The maximum absolute atomic E-state index is 6.16. The predicted molar refractivity (Wildman–Crippen MR) is 112 cm³/mol. The second kappa shape index (κ2) is 7.54. The summed E-state index contributed by atoms with van der Waals surface area (Å²) < 4.78 is 6.16. The summed E-state index contributed by atoms with van der Waals surface area (Å²) >= 11 is 0. The number of piperazine rings is 1. The fraction of sp³-hybridized carbons (Fsp3) is 0.727. The van der Waals surface area contributed by atoms with Crippen molar-refractivity contribution in [2.24, 2.45) is 16.3 Å². The van der Waals surface area contributed by atoms with Crippen molar-refractivity contribution >= 4 is 11.8 Å². The number of anilines is 1. The van der Waals surface area contributed by atoms with E-state index < -0.39 is 0 Å². The molecule has 1 aromatic heterocycles. The molecule has 152 valence electrons. The van der Waals surface area contributed by atoms with Crippen LogP contribution in [-0.2, 0) is 4.74 Å². The molecule has 1 aromatic rings. The normalized spacial score (nSPS) is 31.8. The van der Waals surface area contributed by atoms with Gasteiger partial charge in [-0.1, -0.05) is 18.9 Å². The number of pyridine rings is 1. The average Bonchev–Trinajstić information content (AvgIpc) is 3.41. The number of aromatic nitrogens is 1. The largest absolute Gasteiger partial charge is 0.377 e. The summed E-state index contributed by atoms with van der Waals surface area (Å²) in [4.78, 5) is 14.2. The Bertz CT molecular complexity index is 694. The maximum Gasteiger partial charge on any atom is 0.194 e. The molecular weight excluding hydrogens is 350 g/mol. The fourth-order valence-corrected chi connectivity index (χ4v) is 6.12. The zero-order valence-corrected chi connectivity index (χ0v) is 17.0. The van der Waals surface area contributed by atoms with E-state index in [-0.39, 0.29) is 0 Å². The average molecular weight is 384 g/mol. The molecule has 2 saturated heterocycles. The van der Waals surface area contributed by atoms with Crippen LogP contribution in [0.4, 0.5) is 5.82 Å². The number of rotatable bonds is 3. The molecule has 3 atom stereocenters. The summed E-state index contributed by atoms with van der Waals surface area (Å²) in [6.07, 6.45) is 8.93. The van der Waals surface area contributed by atoms with Gasteiger partial charge < -0.3 is 19.9 Å². The van der Waals surface area contributed by atoms with E-state index in [4.69, 9.17) is 9.73 Å². The van der Waals surface area contributed by atoms with Crippen LogP contribution in [0.1, 0.15) is 39.0 Å². The predicted octanol–water partition coefficient (Wildman–Crippen LogP) is 2.52. The zero-order valence-electron chi connectivity index (χ0n) is 17.0. The van der Waals surface area contributed by atoms with Gasteiger partial charge in [0.1, 0.15) is 5.82 Å². The second-order valence-corrected chi connectivity index (χ2v) is 8.77. The number of hydrogen-bond donors (Lipinski definition) is 1. The minimum Gasteiger partial charge on any atom is -0.377 e. The highest BCUT2D eigenvalue weighted by Gasteiger charge is 2.65. The van der Waals surface area contributed by atoms with E-state index in [1.54, 1.807) is 0 Å². The molecule has 28 heavy (non-hydrogen) atoms. The van der Waals surface area contributed by atoms with Gasteiger partial charge in [0, 0.05) is 62.9 Å². The fourth-order valence-electron chi connectivity index (χ4n) is 6.12. The van der Waals surface area contributed by atoms with E-state index in [0.717, 1.165) is 51.1 Å². The van der Waals surface area contributed by atoms with Crippen LogP contribution in [0.2, 0.25) is 0 Å². The monoisotopic (exact) mass is 383 g/mol. The third-order valence-electron chi connectivity index (χ3n) is 7.43. The lowest BCUT2D eigenvalue weighted by molar-refractivity contribution is -0.125. The summed E-state index contributed by atoms with van der Waals surface area (Å²) in [5.41, 5.74) is 0.367. The molecule has 3 heterocycles. The Hall–Kier alpha value is -1.82. The third kappa shape index (κ3) is 2.97. The summed E-state index contributed by atoms with van der Waals surface area (Å²) in [5, 5.41) is 3.94. The summed E-state index contributed by atoms with van der Waals surface area (Å²) in [7, 11) is 0. The highest BCUT2D eigenvalue weighted by molar-refractivity contribution is 5.81. The van der Waals surface area contributed by atoms with E-state index in [1.165, 1.54) is 32.1 Å². The number of nitrogens with zero attached hydrogens (tertiary/aromatic N) is 4. The van der Waals surface area contributed by atoms with Crippen molar-refractivity contribution in [3.63, 3.8) is 0 Å². The molecular formula is C22H33N5O. The quantitative estimate of drug-likeness (QED) is 0.642. The number of fused-ring (bicyclic) bond motifs is 2. The molecule has 1 spiro atoms. The highest BCUT2D eigenvalue weighted by Crippen LogP contribution is 2.60. The van der Waals surface area contributed by atoms with Gasteiger partial charge in [-0.15, -0.1) is 0 Å². The maximum atomic E-state index is 6.16. The molecule has 2 saturated carbocycles. The SMILES string of the molecule is CCN=C(NC1C2CCOC2C12CCCC2)N1CCN(c2ccccn2)CC1. The summed E-state index contributed by atoms with van der Waals surface area (Å²) in [6, 6.07) is 6.69. The second-order valence-electron chi connectivity index (χ2n) is 8.77. The Morgan fingerprint density at radius 2 is 2.07 bits per heavy atom. The van der Waals surface area contributed by atoms with Gasteiger partial charge >= 0.3 is 0 Å². The van der Waals surface area contributed by atoms with Crippen molar-refractivity contribution in [2.75, 3.05) is 44.2 Å². The number of guanidine groups is 1. The molecule has 0 bridgehead atoms. The molecule has 2 aliphatic heterocycles. The summed E-state index contributed by atoms with van der Waals surface area (Å²) in [6.45, 7) is 7.88. The highest BCUT2D eigenvalue weighted by atomic mass is 16.5. The summed E-state index contributed by atoms with van der Waals surface area (Å²) in [5.74, 6) is 2.87. The van der Waals surface area contributed by atoms with Crippen molar-refractivity contribution in [3.05, 3.63) is 24.4 Å². The Labute approximate surface area is 168 Å². The molecule has 4 fully saturated rings. The molecule has 3 unspecified atom stereocenters. The first-order valence-corrected chi connectivity index (χ1v) is 11.2. The Morgan fingerprint density at radius 3 is 2.79 bits per heavy atom. The van der Waals surface area contributed by atoms with Crippen LogP contribution in [0.3, 0.4) is 0 Å². The van der Waals surface area contributed by atoms with Crippen LogP contribution in [0, 0.1) is 11.3 Å². The minimum atomic E-state index is 0.367. The van der Waals surface area contributed by atoms with Gasteiger partial charge in [-0.2, -0.15) is 0 Å². The van der Waals surface area contributed by atoms with Crippen LogP contribution in [0.5, 0.6) is 0 Å². The third-order valence-corrected chi connectivity index (χ3v) is 7.43. The van der Waals surface area contributed by atoms with Gasteiger partial charge in [-0.05, 0) is 38.3 Å². The van der Waals surface area contributed by atoms with E-state index in [1.807, 2.05) is 12.3 Å². The number of aliphatic imine (C=N–C) groups is 1. The molecule has 0 aromatic carbocycles. The van der Waals surface area contributed by atoms with Gasteiger partial charge in [-0.3, -0.25) is 4.99 Å². The smallest absolute Gasteiger partial charge is 0.194 e. The van der Waals surface area contributed by atoms with Crippen molar-refractivity contribution in [2.45, 2.75) is 51.2 Å². The first kappa shape index (κ1) is 18.2. The van der Waals surface area contributed by atoms with E-state index in [2.05, 4.69) is 39.2 Å². The van der Waals surface area contributed by atoms with Crippen molar-refractivity contribution < 1.29 is 4.74 Å². The van der Waals surface area contributed by atoms with Crippen LogP contribution in [-0.4, -0.2) is 67.3 Å². The Morgan fingerprint density at radius 1 is 1.25 bits per heavy atom. The first-order valence-electron chi connectivity index (χ1n) is 11.2. The van der Waals surface area contributed by atoms with Gasteiger partial charge in [0.15, 0.2) is 5.96 Å². The standard InChI is InChI=1S/C22H33N5O/c1-2-23-21(27-14-12-26(13-15-27)18-7-3-6-11-24-18)25-19-17-8-16-28-20(17)22(19)9-4-5-10-22/h3,6-7,11,17,19-20H,2,4-5,8-10,12-16H2,1H3,(H,23,25). The van der Waals surface area contributed by atoms with Crippen molar-refractivity contribution in [1.82, 2.24) is 15.2 Å². The van der Waals surface area contributed by atoms with Gasteiger partial charge in [-0.25, -0.2) is 4.98 Å². The molecule has 6 nitrogen and oxygen atoms in total. The van der Waals surface area contributed by atoms with Crippen molar-refractivity contribution in [3.8, 4) is 0 Å². The Balaban J connectivity index is 1.26. The number of ether oxygens (including phenoxy) is 1. The van der Waals surface area contributed by atoms with Crippen LogP contribution in [0.15, 0.2) is 29.4 Å². The van der Waals surface area contributed by atoms with E-state index in [0.29, 0.717) is 23.5 Å². The first-order chi connectivity index (χ1) is 13.8.